The van der Waals surface area contributed by atoms with Crippen molar-refractivity contribution in [3.8, 4) is 11.5 Å². The Balaban J connectivity index is 1.72. The van der Waals surface area contributed by atoms with Gasteiger partial charge in [0.15, 0.2) is 0 Å². The normalized spacial score (nSPS) is 18.9. The van der Waals surface area contributed by atoms with Crippen molar-refractivity contribution in [3.05, 3.63) is 89.5 Å². The van der Waals surface area contributed by atoms with Crippen molar-refractivity contribution in [2.24, 2.45) is 11.0 Å². The van der Waals surface area contributed by atoms with E-state index in [1.165, 1.54) is 5.56 Å². The van der Waals surface area contributed by atoms with Gasteiger partial charge >= 0.3 is 0 Å². The SMILES string of the molecule is CCCCC1C(c2ccc(C)cc2)=NN(c2ccccc2)C1(C)C(=O)NCc1ccc(OC)cc1OC. The first-order chi connectivity index (χ1) is 17.9. The summed E-state index contributed by atoms with van der Waals surface area (Å²) >= 11 is 0. The highest BCUT2D eigenvalue weighted by molar-refractivity contribution is 6.10. The van der Waals surface area contributed by atoms with Gasteiger partial charge < -0.3 is 14.8 Å². The Morgan fingerprint density at radius 1 is 1.03 bits per heavy atom. The second-order valence-corrected chi connectivity index (χ2v) is 9.70. The van der Waals surface area contributed by atoms with E-state index in [9.17, 15) is 4.79 Å². The fraction of sp³-hybridized carbons (Fsp3) is 0.355. The van der Waals surface area contributed by atoms with E-state index < -0.39 is 5.54 Å². The molecule has 1 heterocycles. The molecule has 0 fully saturated rings. The van der Waals surface area contributed by atoms with Crippen LogP contribution in [0, 0.1) is 12.8 Å². The third kappa shape index (κ3) is 5.33. The van der Waals surface area contributed by atoms with Crippen LogP contribution in [0.25, 0.3) is 0 Å². The number of carbonyl (C=O) groups excluding carboxylic acids is 1. The molecule has 6 nitrogen and oxygen atoms in total. The van der Waals surface area contributed by atoms with Crippen molar-refractivity contribution in [3.63, 3.8) is 0 Å². The van der Waals surface area contributed by atoms with E-state index in [4.69, 9.17) is 14.6 Å². The maximum absolute atomic E-state index is 14.2. The smallest absolute Gasteiger partial charge is 0.248 e. The number of aryl methyl sites for hydroxylation is 1. The molecule has 0 aromatic heterocycles. The Morgan fingerprint density at radius 3 is 2.41 bits per heavy atom. The zero-order valence-corrected chi connectivity index (χ0v) is 22.5. The van der Waals surface area contributed by atoms with Crippen LogP contribution >= 0.6 is 0 Å². The number of ether oxygens (including phenoxy) is 2. The first kappa shape index (κ1) is 26.3. The number of hydrogen-bond acceptors (Lipinski definition) is 5. The lowest BCUT2D eigenvalue weighted by atomic mass is 9.76. The highest BCUT2D eigenvalue weighted by atomic mass is 16.5. The Bertz CT molecular complexity index is 1240. The number of methoxy groups -OCH3 is 2. The molecule has 0 bridgehead atoms. The van der Waals surface area contributed by atoms with Crippen LogP contribution in [-0.4, -0.2) is 31.4 Å². The van der Waals surface area contributed by atoms with Crippen LogP contribution in [0.3, 0.4) is 0 Å². The molecular weight excluding hydrogens is 462 g/mol. The van der Waals surface area contributed by atoms with Crippen molar-refractivity contribution in [1.29, 1.82) is 0 Å². The molecule has 2 unspecified atom stereocenters. The van der Waals surface area contributed by atoms with E-state index in [0.29, 0.717) is 18.0 Å². The third-order valence-electron chi connectivity index (χ3n) is 7.24. The number of rotatable bonds is 10. The summed E-state index contributed by atoms with van der Waals surface area (Å²) in [6.45, 7) is 6.62. The quantitative estimate of drug-likeness (QED) is 0.365. The summed E-state index contributed by atoms with van der Waals surface area (Å²) in [7, 11) is 3.25. The number of nitrogens with zero attached hydrogens (tertiary/aromatic N) is 2. The van der Waals surface area contributed by atoms with Crippen LogP contribution in [0.15, 0.2) is 77.9 Å². The van der Waals surface area contributed by atoms with Crippen LogP contribution in [0.2, 0.25) is 0 Å². The van der Waals surface area contributed by atoms with E-state index in [1.54, 1.807) is 14.2 Å². The Kier molecular flexibility index (Phi) is 8.17. The van der Waals surface area contributed by atoms with Crippen molar-refractivity contribution in [2.75, 3.05) is 19.2 Å². The minimum Gasteiger partial charge on any atom is -0.497 e. The average molecular weight is 500 g/mol. The Morgan fingerprint density at radius 2 is 1.76 bits per heavy atom. The van der Waals surface area contributed by atoms with E-state index in [2.05, 4.69) is 43.4 Å². The molecule has 194 valence electrons. The maximum Gasteiger partial charge on any atom is 0.248 e. The van der Waals surface area contributed by atoms with E-state index in [1.807, 2.05) is 60.5 Å². The fourth-order valence-corrected chi connectivity index (χ4v) is 5.01. The Labute approximate surface area is 220 Å². The molecule has 1 aliphatic heterocycles. The molecule has 2 atom stereocenters. The van der Waals surface area contributed by atoms with Gasteiger partial charge in [-0.1, -0.05) is 67.8 Å². The van der Waals surface area contributed by atoms with Gasteiger partial charge in [-0.3, -0.25) is 4.79 Å². The van der Waals surface area contributed by atoms with Gasteiger partial charge in [-0.2, -0.15) is 5.10 Å². The zero-order valence-electron chi connectivity index (χ0n) is 22.5. The summed E-state index contributed by atoms with van der Waals surface area (Å²) in [5.41, 5.74) is 4.08. The number of unbranched alkanes of at least 4 members (excludes halogenated alkanes) is 1. The lowest BCUT2D eigenvalue weighted by molar-refractivity contribution is -0.127. The monoisotopic (exact) mass is 499 g/mol. The molecule has 1 amide bonds. The first-order valence-electron chi connectivity index (χ1n) is 12.9. The fourth-order valence-electron chi connectivity index (χ4n) is 5.01. The van der Waals surface area contributed by atoms with Crippen LogP contribution < -0.4 is 19.8 Å². The molecule has 0 saturated heterocycles. The minimum absolute atomic E-state index is 0.0683. The molecule has 0 aliphatic carbocycles. The summed E-state index contributed by atoms with van der Waals surface area (Å²) in [4.78, 5) is 14.2. The first-order valence-corrected chi connectivity index (χ1v) is 12.9. The predicted molar refractivity (Wildman–Crippen MR) is 149 cm³/mol. The van der Waals surface area contributed by atoms with Crippen LogP contribution in [0.5, 0.6) is 11.5 Å². The summed E-state index contributed by atoms with van der Waals surface area (Å²) in [6, 6.07) is 24.0. The van der Waals surface area contributed by atoms with Crippen molar-refractivity contribution in [2.45, 2.75) is 52.1 Å². The van der Waals surface area contributed by atoms with Gasteiger partial charge in [-0.25, -0.2) is 5.01 Å². The number of carbonyl (C=O) groups is 1. The number of hydrogen-bond donors (Lipinski definition) is 1. The summed E-state index contributed by atoms with van der Waals surface area (Å²) < 4.78 is 10.9. The highest BCUT2D eigenvalue weighted by Crippen LogP contribution is 2.42. The van der Waals surface area contributed by atoms with Gasteiger partial charge in [0.1, 0.15) is 17.0 Å². The van der Waals surface area contributed by atoms with E-state index >= 15 is 0 Å². The molecule has 37 heavy (non-hydrogen) atoms. The number of anilines is 1. The lowest BCUT2D eigenvalue weighted by Crippen LogP contribution is -2.57. The van der Waals surface area contributed by atoms with Gasteiger partial charge in [-0.05, 0) is 50.1 Å². The van der Waals surface area contributed by atoms with Crippen molar-refractivity contribution in [1.82, 2.24) is 5.32 Å². The molecule has 3 aromatic carbocycles. The number of hydrazone groups is 1. The van der Waals surface area contributed by atoms with Crippen LogP contribution in [-0.2, 0) is 11.3 Å². The summed E-state index contributed by atoms with van der Waals surface area (Å²) in [6.07, 6.45) is 2.92. The van der Waals surface area contributed by atoms with Crippen LogP contribution in [0.1, 0.15) is 49.8 Å². The number of amides is 1. The summed E-state index contributed by atoms with van der Waals surface area (Å²) in [5, 5.41) is 10.3. The average Bonchev–Trinajstić information content (AvgIpc) is 3.24. The van der Waals surface area contributed by atoms with Gasteiger partial charge in [0.05, 0.1) is 25.6 Å². The molecule has 1 aliphatic rings. The van der Waals surface area contributed by atoms with Crippen LogP contribution in [0.4, 0.5) is 5.69 Å². The number of benzene rings is 3. The van der Waals surface area contributed by atoms with Crippen molar-refractivity contribution < 1.29 is 14.3 Å². The minimum atomic E-state index is -0.906. The lowest BCUT2D eigenvalue weighted by Gasteiger charge is -2.37. The largest absolute Gasteiger partial charge is 0.497 e. The third-order valence-corrected chi connectivity index (χ3v) is 7.24. The number of para-hydroxylation sites is 1. The van der Waals surface area contributed by atoms with Gasteiger partial charge in [-0.15, -0.1) is 0 Å². The Hall–Kier alpha value is -3.80. The van der Waals surface area contributed by atoms with Gasteiger partial charge in [0.25, 0.3) is 0 Å². The molecule has 6 heteroatoms. The van der Waals surface area contributed by atoms with Crippen molar-refractivity contribution >= 4 is 17.3 Å². The highest BCUT2D eigenvalue weighted by Gasteiger charge is 2.53. The molecule has 1 N–H and O–H groups in total. The topological polar surface area (TPSA) is 63.2 Å². The standard InChI is InChI=1S/C31H37N3O3/c1-6-7-13-27-29(23-16-14-22(2)15-17-23)33-34(25-11-9-8-10-12-25)31(27,3)30(35)32-21-24-18-19-26(36-4)20-28(24)37-5/h8-12,14-20,27H,6-7,13,21H2,1-5H3,(H,32,35). The molecule has 0 spiro atoms. The summed E-state index contributed by atoms with van der Waals surface area (Å²) in [5.74, 6) is 1.24. The molecule has 4 rings (SSSR count). The van der Waals surface area contributed by atoms with E-state index in [0.717, 1.165) is 41.8 Å². The second-order valence-electron chi connectivity index (χ2n) is 9.70. The van der Waals surface area contributed by atoms with E-state index in [-0.39, 0.29) is 11.8 Å². The maximum atomic E-state index is 14.2. The zero-order chi connectivity index (χ0) is 26.4. The van der Waals surface area contributed by atoms with Gasteiger partial charge in [0.2, 0.25) is 5.91 Å². The predicted octanol–water partition coefficient (Wildman–Crippen LogP) is 6.12. The molecule has 0 radical (unpaired) electrons. The van der Waals surface area contributed by atoms with Gasteiger partial charge in [0, 0.05) is 24.1 Å². The number of nitrogens with one attached hydrogen (secondary N) is 1. The second kappa shape index (κ2) is 11.5. The molecule has 3 aromatic rings. The molecular formula is C31H37N3O3. The molecule has 0 saturated carbocycles.